The number of aromatic nitrogens is 2. The van der Waals surface area contributed by atoms with Gasteiger partial charge in [-0.3, -0.25) is 4.79 Å². The Balaban J connectivity index is 2.30. The zero-order valence-electron chi connectivity index (χ0n) is 9.45. The Kier molecular flexibility index (Phi) is 3.89. The van der Waals surface area contributed by atoms with Crippen LogP contribution in [-0.2, 0) is 11.2 Å². The van der Waals surface area contributed by atoms with Gasteiger partial charge in [0, 0.05) is 6.20 Å². The first-order valence-corrected chi connectivity index (χ1v) is 5.78. The number of hydrogen-bond donors (Lipinski definition) is 1. The summed E-state index contributed by atoms with van der Waals surface area (Å²) in [5, 5.41) is 9.57. The summed E-state index contributed by atoms with van der Waals surface area (Å²) < 4.78 is 0. The van der Waals surface area contributed by atoms with Gasteiger partial charge < -0.3 is 5.11 Å². The highest BCUT2D eigenvalue weighted by atomic mass is 35.5. The maximum Gasteiger partial charge on any atom is 0.312 e. The normalized spacial score (nSPS) is 12.1. The van der Waals surface area contributed by atoms with Crippen molar-refractivity contribution in [3.63, 3.8) is 0 Å². The number of benzene rings is 1. The quantitative estimate of drug-likeness (QED) is 0.920. The van der Waals surface area contributed by atoms with E-state index >= 15 is 0 Å². The summed E-state index contributed by atoms with van der Waals surface area (Å²) in [6, 6.07) is 9.39. The van der Waals surface area contributed by atoms with Crippen molar-refractivity contribution in [2.24, 2.45) is 0 Å². The molecule has 1 aromatic heterocycles. The van der Waals surface area contributed by atoms with Crippen molar-refractivity contribution >= 4 is 17.6 Å². The first-order valence-electron chi connectivity index (χ1n) is 5.40. The van der Waals surface area contributed by atoms with Crippen molar-refractivity contribution < 1.29 is 9.90 Å². The maximum atomic E-state index is 11.3. The number of carboxylic acid groups (broad SMARTS) is 1. The van der Waals surface area contributed by atoms with Gasteiger partial charge in [0.2, 0.25) is 0 Å². The van der Waals surface area contributed by atoms with Crippen LogP contribution in [0.2, 0.25) is 5.02 Å². The average molecular weight is 263 g/mol. The summed E-state index contributed by atoms with van der Waals surface area (Å²) in [7, 11) is 0. The molecular weight excluding hydrogens is 252 g/mol. The Morgan fingerprint density at radius 3 is 2.67 bits per heavy atom. The fourth-order valence-electron chi connectivity index (χ4n) is 1.73. The Hall–Kier alpha value is -1.94. The molecule has 1 N–H and O–H groups in total. The predicted octanol–water partition coefficient (Wildman–Crippen LogP) is 2.54. The van der Waals surface area contributed by atoms with Crippen molar-refractivity contribution in [2.45, 2.75) is 12.3 Å². The van der Waals surface area contributed by atoms with Crippen LogP contribution in [-0.4, -0.2) is 21.0 Å². The second-order valence-corrected chi connectivity index (χ2v) is 4.24. The molecule has 0 aliphatic heterocycles. The van der Waals surface area contributed by atoms with E-state index in [2.05, 4.69) is 9.97 Å². The van der Waals surface area contributed by atoms with E-state index in [-0.39, 0.29) is 5.02 Å². The second kappa shape index (κ2) is 5.60. The van der Waals surface area contributed by atoms with Crippen molar-refractivity contribution in [3.05, 3.63) is 59.1 Å². The Labute approximate surface area is 109 Å². The maximum absolute atomic E-state index is 11.3. The first-order chi connectivity index (χ1) is 8.68. The third-order valence-electron chi connectivity index (χ3n) is 2.61. The Morgan fingerprint density at radius 2 is 2.06 bits per heavy atom. The molecule has 92 valence electrons. The number of carboxylic acids is 1. The Morgan fingerprint density at radius 1 is 1.33 bits per heavy atom. The van der Waals surface area contributed by atoms with Crippen molar-refractivity contribution in [1.82, 2.24) is 9.97 Å². The molecule has 1 atom stereocenters. The summed E-state index contributed by atoms with van der Waals surface area (Å²) in [6.07, 6.45) is 3.07. The van der Waals surface area contributed by atoms with Crippen LogP contribution in [0.15, 0.2) is 42.9 Å². The highest BCUT2D eigenvalue weighted by Crippen LogP contribution is 2.25. The van der Waals surface area contributed by atoms with Crippen LogP contribution < -0.4 is 0 Å². The lowest BCUT2D eigenvalue weighted by Crippen LogP contribution is -2.16. The van der Waals surface area contributed by atoms with Crippen LogP contribution in [0, 0.1) is 0 Å². The second-order valence-electron chi connectivity index (χ2n) is 3.84. The van der Waals surface area contributed by atoms with Crippen LogP contribution in [0.4, 0.5) is 0 Å². The molecule has 1 unspecified atom stereocenters. The van der Waals surface area contributed by atoms with Gasteiger partial charge in [-0.25, -0.2) is 9.97 Å². The minimum atomic E-state index is -0.945. The molecule has 5 heteroatoms. The van der Waals surface area contributed by atoms with Crippen LogP contribution in [0.1, 0.15) is 17.2 Å². The van der Waals surface area contributed by atoms with Crippen LogP contribution >= 0.6 is 11.6 Å². The predicted molar refractivity (Wildman–Crippen MR) is 67.6 cm³/mol. The van der Waals surface area contributed by atoms with Gasteiger partial charge in [0.05, 0.1) is 10.7 Å². The van der Waals surface area contributed by atoms with E-state index in [9.17, 15) is 9.90 Å². The van der Waals surface area contributed by atoms with Crippen LogP contribution in [0.3, 0.4) is 0 Å². The molecule has 0 radical (unpaired) electrons. The molecule has 2 aromatic rings. The molecule has 0 bridgehead atoms. The number of nitrogens with zero attached hydrogens (tertiary/aromatic N) is 2. The molecule has 1 aromatic carbocycles. The minimum absolute atomic E-state index is 0.279. The molecule has 0 aliphatic carbocycles. The van der Waals surface area contributed by atoms with Gasteiger partial charge in [-0.1, -0.05) is 41.9 Å². The molecule has 0 saturated carbocycles. The SMILES string of the molecule is O=C(O)C(Cc1ccccc1)c1ncncc1Cl. The highest BCUT2D eigenvalue weighted by Gasteiger charge is 2.24. The van der Waals surface area contributed by atoms with Gasteiger partial charge in [-0.15, -0.1) is 0 Å². The van der Waals surface area contributed by atoms with Crippen LogP contribution in [0.5, 0.6) is 0 Å². The minimum Gasteiger partial charge on any atom is -0.481 e. The standard InChI is InChI=1S/C13H11ClN2O2/c14-11-7-15-8-16-12(11)10(13(17)18)6-9-4-2-1-3-5-9/h1-5,7-8,10H,6H2,(H,17,18). The van der Waals surface area contributed by atoms with Crippen molar-refractivity contribution in [2.75, 3.05) is 0 Å². The van der Waals surface area contributed by atoms with E-state index < -0.39 is 11.9 Å². The third kappa shape index (κ3) is 2.84. The summed E-state index contributed by atoms with van der Waals surface area (Å²) in [5.74, 6) is -1.71. The molecule has 1 heterocycles. The lowest BCUT2D eigenvalue weighted by molar-refractivity contribution is -0.138. The number of aliphatic carboxylic acids is 1. The molecule has 0 amide bonds. The molecule has 2 rings (SSSR count). The highest BCUT2D eigenvalue weighted by molar-refractivity contribution is 6.31. The third-order valence-corrected chi connectivity index (χ3v) is 2.90. The van der Waals surface area contributed by atoms with E-state index in [0.717, 1.165) is 5.56 Å². The first kappa shape index (κ1) is 12.5. The fourth-order valence-corrected chi connectivity index (χ4v) is 1.97. The molecule has 4 nitrogen and oxygen atoms in total. The lowest BCUT2D eigenvalue weighted by atomic mass is 9.96. The van der Waals surface area contributed by atoms with E-state index in [4.69, 9.17) is 11.6 Å². The fraction of sp³-hybridized carbons (Fsp3) is 0.154. The van der Waals surface area contributed by atoms with E-state index in [1.165, 1.54) is 12.5 Å². The zero-order valence-corrected chi connectivity index (χ0v) is 10.2. The van der Waals surface area contributed by atoms with E-state index in [1.807, 2.05) is 30.3 Å². The summed E-state index contributed by atoms with van der Waals surface area (Å²) in [6.45, 7) is 0. The summed E-state index contributed by atoms with van der Waals surface area (Å²) in [4.78, 5) is 19.1. The smallest absolute Gasteiger partial charge is 0.312 e. The van der Waals surface area contributed by atoms with Gasteiger partial charge in [-0.05, 0) is 12.0 Å². The topological polar surface area (TPSA) is 63.1 Å². The molecule has 0 fully saturated rings. The van der Waals surface area contributed by atoms with Gasteiger partial charge in [0.25, 0.3) is 0 Å². The summed E-state index contributed by atoms with van der Waals surface area (Å²) in [5.41, 5.74) is 1.28. The van der Waals surface area contributed by atoms with Gasteiger partial charge in [0.15, 0.2) is 0 Å². The monoisotopic (exact) mass is 262 g/mol. The van der Waals surface area contributed by atoms with E-state index in [0.29, 0.717) is 12.1 Å². The van der Waals surface area contributed by atoms with Crippen molar-refractivity contribution in [3.8, 4) is 0 Å². The van der Waals surface area contributed by atoms with Gasteiger partial charge in [-0.2, -0.15) is 0 Å². The number of carbonyl (C=O) groups is 1. The molecule has 0 spiro atoms. The number of halogens is 1. The lowest BCUT2D eigenvalue weighted by Gasteiger charge is -2.12. The summed E-state index contributed by atoms with van der Waals surface area (Å²) >= 11 is 5.94. The zero-order chi connectivity index (χ0) is 13.0. The molecule has 0 saturated heterocycles. The molecule has 18 heavy (non-hydrogen) atoms. The van der Waals surface area contributed by atoms with Gasteiger partial charge >= 0.3 is 5.97 Å². The number of hydrogen-bond acceptors (Lipinski definition) is 3. The molecule has 0 aliphatic rings. The number of rotatable bonds is 4. The Bertz CT molecular complexity index is 546. The molecular formula is C13H11ClN2O2. The van der Waals surface area contributed by atoms with Crippen LogP contribution in [0.25, 0.3) is 0 Å². The van der Waals surface area contributed by atoms with Crippen molar-refractivity contribution in [1.29, 1.82) is 0 Å². The van der Waals surface area contributed by atoms with Gasteiger partial charge in [0.1, 0.15) is 12.2 Å². The average Bonchev–Trinajstić information content (AvgIpc) is 2.38. The van der Waals surface area contributed by atoms with E-state index in [1.54, 1.807) is 0 Å². The largest absolute Gasteiger partial charge is 0.481 e.